The lowest BCUT2D eigenvalue weighted by Gasteiger charge is -2.47. The molecular weight excluding hydrogens is 307 g/mol. The molecule has 1 aliphatic heterocycles. The minimum Gasteiger partial charge on any atom is -0.480 e. The van der Waals surface area contributed by atoms with Gasteiger partial charge in [-0.1, -0.05) is 23.2 Å². The summed E-state index contributed by atoms with van der Waals surface area (Å²) < 4.78 is 5.23. The van der Waals surface area contributed by atoms with Crippen LogP contribution >= 0.6 is 23.2 Å². The zero-order chi connectivity index (χ0) is 14.9. The number of carboxylic acids is 1. The zero-order valence-electron chi connectivity index (χ0n) is 10.6. The number of carboxylic acid groups (broad SMARTS) is 1. The highest BCUT2D eigenvalue weighted by Gasteiger charge is 2.43. The minimum atomic E-state index is -1.04. The quantitative estimate of drug-likeness (QED) is 0.855. The Hall–Kier alpha value is -1.37. The van der Waals surface area contributed by atoms with E-state index in [2.05, 4.69) is 4.98 Å². The summed E-state index contributed by atoms with van der Waals surface area (Å²) in [6, 6.07) is 2.87. The molecule has 0 bridgehead atoms. The van der Waals surface area contributed by atoms with Gasteiger partial charge in [0.25, 0.3) is 5.91 Å². The number of amides is 1. The van der Waals surface area contributed by atoms with Crippen molar-refractivity contribution < 1.29 is 19.4 Å². The SMILES string of the molecule is CC1(OCC(=O)O)CN(C(=O)c2cc(Cl)nc(Cl)c2)C1. The number of hydrogen-bond acceptors (Lipinski definition) is 4. The Morgan fingerprint density at radius 3 is 2.45 bits per heavy atom. The molecule has 20 heavy (non-hydrogen) atoms. The third kappa shape index (κ3) is 3.39. The van der Waals surface area contributed by atoms with Gasteiger partial charge in [-0.25, -0.2) is 9.78 Å². The Morgan fingerprint density at radius 2 is 1.95 bits per heavy atom. The van der Waals surface area contributed by atoms with Crippen molar-refractivity contribution in [1.29, 1.82) is 0 Å². The predicted octanol–water partition coefficient (Wildman–Crippen LogP) is 1.70. The topological polar surface area (TPSA) is 79.7 Å². The first-order chi connectivity index (χ1) is 9.29. The van der Waals surface area contributed by atoms with Crippen molar-refractivity contribution in [1.82, 2.24) is 9.88 Å². The highest BCUT2D eigenvalue weighted by molar-refractivity contribution is 6.33. The van der Waals surface area contributed by atoms with Crippen LogP contribution in [0.5, 0.6) is 0 Å². The molecule has 1 aliphatic rings. The molecule has 1 saturated heterocycles. The van der Waals surface area contributed by atoms with E-state index in [-0.39, 0.29) is 22.8 Å². The van der Waals surface area contributed by atoms with Gasteiger partial charge in [-0.2, -0.15) is 0 Å². The summed E-state index contributed by atoms with van der Waals surface area (Å²) in [7, 11) is 0. The molecule has 1 N–H and O–H groups in total. The third-order valence-electron chi connectivity index (χ3n) is 2.89. The van der Waals surface area contributed by atoms with Gasteiger partial charge in [0.15, 0.2) is 0 Å². The van der Waals surface area contributed by atoms with E-state index >= 15 is 0 Å². The Balaban J connectivity index is 1.98. The molecule has 1 aromatic heterocycles. The summed E-state index contributed by atoms with van der Waals surface area (Å²) in [5, 5.41) is 8.86. The van der Waals surface area contributed by atoms with Crippen LogP contribution in [0.25, 0.3) is 0 Å². The van der Waals surface area contributed by atoms with E-state index < -0.39 is 11.6 Å². The van der Waals surface area contributed by atoms with E-state index in [1.807, 2.05) is 0 Å². The van der Waals surface area contributed by atoms with Crippen LogP contribution in [0.2, 0.25) is 10.3 Å². The Kier molecular flexibility index (Phi) is 4.17. The van der Waals surface area contributed by atoms with E-state index in [9.17, 15) is 9.59 Å². The fraction of sp³-hybridized carbons (Fsp3) is 0.417. The predicted molar refractivity (Wildman–Crippen MR) is 72.2 cm³/mol. The summed E-state index contributed by atoms with van der Waals surface area (Å²) in [4.78, 5) is 27.9. The van der Waals surface area contributed by atoms with Gasteiger partial charge in [0.1, 0.15) is 22.5 Å². The molecule has 6 nitrogen and oxygen atoms in total. The second-order valence-corrected chi connectivity index (χ2v) is 5.57. The van der Waals surface area contributed by atoms with Crippen LogP contribution in [0.1, 0.15) is 17.3 Å². The second-order valence-electron chi connectivity index (χ2n) is 4.79. The number of rotatable bonds is 4. The van der Waals surface area contributed by atoms with Gasteiger partial charge in [0.05, 0.1) is 13.1 Å². The largest absolute Gasteiger partial charge is 0.480 e. The third-order valence-corrected chi connectivity index (χ3v) is 3.28. The molecule has 0 radical (unpaired) electrons. The number of pyridine rings is 1. The Bertz CT molecular complexity index is 538. The van der Waals surface area contributed by atoms with Crippen molar-refractivity contribution in [3.63, 3.8) is 0 Å². The normalized spacial score (nSPS) is 16.6. The maximum absolute atomic E-state index is 12.2. The summed E-state index contributed by atoms with van der Waals surface area (Å²) in [5.41, 5.74) is -0.287. The molecule has 2 rings (SSSR count). The van der Waals surface area contributed by atoms with Gasteiger partial charge in [-0.3, -0.25) is 4.79 Å². The molecule has 0 saturated carbocycles. The molecular formula is C12H12Cl2N2O4. The molecule has 0 unspecified atom stereocenters. The van der Waals surface area contributed by atoms with Gasteiger partial charge in [-0.05, 0) is 19.1 Å². The van der Waals surface area contributed by atoms with Crippen molar-refractivity contribution in [3.8, 4) is 0 Å². The number of carbonyl (C=O) groups excluding carboxylic acids is 1. The second kappa shape index (κ2) is 5.55. The molecule has 1 aromatic rings. The lowest BCUT2D eigenvalue weighted by Crippen LogP contribution is -2.63. The number of aliphatic carboxylic acids is 1. The summed E-state index contributed by atoms with van der Waals surface area (Å²) in [6.07, 6.45) is 0. The van der Waals surface area contributed by atoms with Crippen LogP contribution < -0.4 is 0 Å². The molecule has 2 heterocycles. The Morgan fingerprint density at radius 1 is 1.40 bits per heavy atom. The number of ether oxygens (including phenoxy) is 1. The van der Waals surface area contributed by atoms with Crippen molar-refractivity contribution in [2.24, 2.45) is 0 Å². The van der Waals surface area contributed by atoms with E-state index in [0.29, 0.717) is 18.7 Å². The van der Waals surface area contributed by atoms with Gasteiger partial charge in [0, 0.05) is 5.56 Å². The first-order valence-electron chi connectivity index (χ1n) is 5.77. The molecule has 0 atom stereocenters. The molecule has 0 spiro atoms. The van der Waals surface area contributed by atoms with Crippen LogP contribution in [-0.2, 0) is 9.53 Å². The maximum Gasteiger partial charge on any atom is 0.329 e. The van der Waals surface area contributed by atoms with Crippen LogP contribution in [0, 0.1) is 0 Å². The average molecular weight is 319 g/mol. The lowest BCUT2D eigenvalue weighted by molar-refractivity contribution is -0.159. The highest BCUT2D eigenvalue weighted by atomic mass is 35.5. The molecule has 0 aliphatic carbocycles. The first-order valence-corrected chi connectivity index (χ1v) is 6.53. The number of carbonyl (C=O) groups is 2. The monoisotopic (exact) mass is 318 g/mol. The van der Waals surface area contributed by atoms with Crippen LogP contribution in [0.4, 0.5) is 0 Å². The van der Waals surface area contributed by atoms with Crippen molar-refractivity contribution in [2.45, 2.75) is 12.5 Å². The van der Waals surface area contributed by atoms with Crippen molar-refractivity contribution in [2.75, 3.05) is 19.7 Å². The molecule has 8 heteroatoms. The molecule has 1 fully saturated rings. The number of hydrogen-bond donors (Lipinski definition) is 1. The fourth-order valence-corrected chi connectivity index (χ4v) is 2.46. The number of aromatic nitrogens is 1. The van der Waals surface area contributed by atoms with E-state index in [1.165, 1.54) is 17.0 Å². The van der Waals surface area contributed by atoms with Gasteiger partial charge < -0.3 is 14.7 Å². The van der Waals surface area contributed by atoms with E-state index in [0.717, 1.165) is 0 Å². The minimum absolute atomic E-state index is 0.145. The Labute approximate surface area is 125 Å². The van der Waals surface area contributed by atoms with E-state index in [1.54, 1.807) is 6.92 Å². The number of likely N-dealkylation sites (tertiary alicyclic amines) is 1. The van der Waals surface area contributed by atoms with Gasteiger partial charge in [0.2, 0.25) is 0 Å². The average Bonchev–Trinajstić information content (AvgIpc) is 2.31. The highest BCUT2D eigenvalue weighted by Crippen LogP contribution is 2.27. The first kappa shape index (κ1) is 15.0. The smallest absolute Gasteiger partial charge is 0.329 e. The van der Waals surface area contributed by atoms with Crippen LogP contribution in [0.15, 0.2) is 12.1 Å². The summed E-state index contributed by atoms with van der Waals surface area (Å²) in [6.45, 7) is 2.00. The van der Waals surface area contributed by atoms with Gasteiger partial charge >= 0.3 is 5.97 Å². The fourth-order valence-electron chi connectivity index (χ4n) is 2.00. The van der Waals surface area contributed by atoms with Crippen molar-refractivity contribution >= 4 is 35.1 Å². The van der Waals surface area contributed by atoms with E-state index in [4.69, 9.17) is 33.0 Å². The van der Waals surface area contributed by atoms with Crippen molar-refractivity contribution in [3.05, 3.63) is 28.0 Å². The maximum atomic E-state index is 12.2. The molecule has 0 aromatic carbocycles. The molecule has 1 amide bonds. The van der Waals surface area contributed by atoms with Gasteiger partial charge in [-0.15, -0.1) is 0 Å². The standard InChI is InChI=1S/C12H12Cl2N2O4/c1-12(20-4-10(17)18)5-16(6-12)11(19)7-2-8(13)15-9(14)3-7/h2-3H,4-6H2,1H3,(H,17,18). The number of halogens is 2. The summed E-state index contributed by atoms with van der Waals surface area (Å²) >= 11 is 11.5. The number of nitrogens with zero attached hydrogens (tertiary/aromatic N) is 2. The van der Waals surface area contributed by atoms with Crippen LogP contribution in [-0.4, -0.2) is 52.2 Å². The lowest BCUT2D eigenvalue weighted by atomic mass is 9.95. The van der Waals surface area contributed by atoms with Crippen LogP contribution in [0.3, 0.4) is 0 Å². The summed E-state index contributed by atoms with van der Waals surface area (Å²) in [5.74, 6) is -1.28. The molecule has 108 valence electrons. The zero-order valence-corrected chi connectivity index (χ0v) is 12.1.